The van der Waals surface area contributed by atoms with Gasteiger partial charge in [-0.05, 0) is 118 Å². The molecule has 0 unspecified atom stereocenters. The molecular weight excluding hydrogens is 562 g/mol. The van der Waals surface area contributed by atoms with E-state index in [2.05, 4.69) is 86.1 Å². The van der Waals surface area contributed by atoms with Crippen molar-refractivity contribution in [2.45, 2.75) is 192 Å². The maximum absolute atomic E-state index is 6.69. The first kappa shape index (κ1) is 33.1. The fourth-order valence-electron chi connectivity index (χ4n) is 8.79. The molecule has 0 spiro atoms. The van der Waals surface area contributed by atoms with Crippen LogP contribution in [-0.2, 0) is 9.68 Å². The molecule has 3 heterocycles. The summed E-state index contributed by atoms with van der Waals surface area (Å²) in [5.74, 6) is 1.05. The van der Waals surface area contributed by atoms with E-state index in [0.717, 1.165) is 51.4 Å². The summed E-state index contributed by atoms with van der Waals surface area (Å²) in [5.41, 5.74) is -0.557. The van der Waals surface area contributed by atoms with Gasteiger partial charge in [0.15, 0.2) is 0 Å². The molecule has 0 radical (unpaired) electrons. The zero-order valence-electron chi connectivity index (χ0n) is 28.1. The van der Waals surface area contributed by atoms with Crippen LogP contribution in [0.25, 0.3) is 0 Å². The number of nitrogens with one attached hydrogen (secondary N) is 2. The lowest BCUT2D eigenvalue weighted by atomic mass is 9.79. The van der Waals surface area contributed by atoms with E-state index in [1.165, 1.54) is 38.5 Å². The summed E-state index contributed by atoms with van der Waals surface area (Å²) in [6.45, 7) is 18.3. The summed E-state index contributed by atoms with van der Waals surface area (Å²) in [7, 11) is 0. The fraction of sp³-hybridized carbons (Fsp3) is 0.909. The standard InChI is InChI=1S/C33H58ClN7O2/c1-30(2)19-23(20-31(3,4)40(30)42-25-15-11-9-12-16-25)35-28-37-27(34)38-29(39-28)36-24-21-32(5,6)41(33(7,8)22-24)43-26-17-13-10-14-18-26/h23-26H,9-22H2,1-8H3,(H2,35,36,37,38,39). The maximum atomic E-state index is 6.69. The van der Waals surface area contributed by atoms with Crippen LogP contribution in [0.4, 0.5) is 11.9 Å². The summed E-state index contributed by atoms with van der Waals surface area (Å²) in [5, 5.41) is 12.0. The summed E-state index contributed by atoms with van der Waals surface area (Å²) < 4.78 is 0. The van der Waals surface area contributed by atoms with Gasteiger partial charge in [-0.3, -0.25) is 9.68 Å². The summed E-state index contributed by atoms with van der Waals surface area (Å²) in [6, 6.07) is 0.362. The largest absolute Gasteiger partial charge is 0.351 e. The molecule has 0 bridgehead atoms. The quantitative estimate of drug-likeness (QED) is 0.301. The predicted octanol–water partition coefficient (Wildman–Crippen LogP) is 7.92. The topological polar surface area (TPSA) is 87.7 Å². The highest BCUT2D eigenvalue weighted by molar-refractivity contribution is 6.28. The Bertz CT molecular complexity index is 969. The van der Waals surface area contributed by atoms with Gasteiger partial charge >= 0.3 is 0 Å². The number of hydrogen-bond acceptors (Lipinski definition) is 9. The molecule has 2 N–H and O–H groups in total. The SMILES string of the molecule is CC1(C)CC(Nc2nc(Cl)nc(NC3CC(C)(C)N(OC4CCCCC4)C(C)(C)C3)n2)CC(C)(C)N1OC1CCCCC1. The summed E-state index contributed by atoms with van der Waals surface area (Å²) >= 11 is 6.47. The second kappa shape index (κ2) is 12.9. The maximum Gasteiger partial charge on any atom is 0.229 e. The van der Waals surface area contributed by atoms with Crippen molar-refractivity contribution < 1.29 is 9.68 Å². The molecule has 0 amide bonds. The molecular formula is C33H58ClN7O2. The number of rotatable bonds is 8. The molecule has 0 atom stereocenters. The van der Waals surface area contributed by atoms with Crippen LogP contribution < -0.4 is 10.6 Å². The van der Waals surface area contributed by atoms with Crippen molar-refractivity contribution in [2.24, 2.45) is 0 Å². The highest BCUT2D eigenvalue weighted by atomic mass is 35.5. The molecule has 10 heteroatoms. The van der Waals surface area contributed by atoms with Gasteiger partial charge in [0.2, 0.25) is 17.2 Å². The van der Waals surface area contributed by atoms with E-state index >= 15 is 0 Å². The van der Waals surface area contributed by atoms with Gasteiger partial charge in [0.05, 0.1) is 12.2 Å². The van der Waals surface area contributed by atoms with Crippen LogP contribution in [0.5, 0.6) is 0 Å². The first-order valence-electron chi connectivity index (χ1n) is 17.0. The van der Waals surface area contributed by atoms with Gasteiger partial charge in [-0.1, -0.05) is 38.5 Å². The van der Waals surface area contributed by atoms with E-state index in [4.69, 9.17) is 26.3 Å². The van der Waals surface area contributed by atoms with Crippen molar-refractivity contribution in [1.82, 2.24) is 25.1 Å². The van der Waals surface area contributed by atoms with Crippen molar-refractivity contribution in [3.8, 4) is 0 Å². The molecule has 1 aromatic heterocycles. The molecule has 2 aliphatic carbocycles. The average Bonchev–Trinajstić information content (AvgIpc) is 2.88. The van der Waals surface area contributed by atoms with Crippen molar-refractivity contribution in [1.29, 1.82) is 0 Å². The second-order valence-corrected chi connectivity index (χ2v) is 16.7. The molecule has 4 aliphatic rings. The third-order valence-electron chi connectivity index (χ3n) is 10.1. The predicted molar refractivity (Wildman–Crippen MR) is 174 cm³/mol. The second-order valence-electron chi connectivity index (χ2n) is 16.3. The molecule has 1 aromatic rings. The molecule has 9 nitrogen and oxygen atoms in total. The Morgan fingerprint density at radius 2 is 0.884 bits per heavy atom. The first-order valence-corrected chi connectivity index (χ1v) is 17.4. The molecule has 5 rings (SSSR count). The van der Waals surface area contributed by atoms with Gasteiger partial charge in [-0.2, -0.15) is 25.1 Å². The molecule has 0 aromatic carbocycles. The third-order valence-corrected chi connectivity index (χ3v) is 10.2. The van der Waals surface area contributed by atoms with Crippen LogP contribution in [0, 0.1) is 0 Å². The number of anilines is 2. The smallest absolute Gasteiger partial charge is 0.229 e. The number of piperidine rings is 2. The lowest BCUT2D eigenvalue weighted by Gasteiger charge is -2.55. The number of halogens is 1. The molecule has 244 valence electrons. The van der Waals surface area contributed by atoms with E-state index in [-0.39, 0.29) is 39.5 Å². The molecule has 4 fully saturated rings. The lowest BCUT2D eigenvalue weighted by molar-refractivity contribution is -0.309. The van der Waals surface area contributed by atoms with Gasteiger partial charge < -0.3 is 10.6 Å². The minimum absolute atomic E-state index is 0.139. The monoisotopic (exact) mass is 619 g/mol. The summed E-state index contributed by atoms with van der Waals surface area (Å²) in [4.78, 5) is 27.2. The van der Waals surface area contributed by atoms with E-state index in [1.807, 2.05) is 0 Å². The minimum atomic E-state index is -0.139. The zero-order valence-corrected chi connectivity index (χ0v) is 28.9. The van der Waals surface area contributed by atoms with Gasteiger partial charge in [-0.25, -0.2) is 0 Å². The normalized spacial score (nSPS) is 27.7. The Hall–Kier alpha value is -1.26. The number of hydroxylamine groups is 4. The van der Waals surface area contributed by atoms with Crippen molar-refractivity contribution in [2.75, 3.05) is 10.6 Å². The van der Waals surface area contributed by atoms with Crippen LogP contribution in [0.2, 0.25) is 5.28 Å². The van der Waals surface area contributed by atoms with Crippen LogP contribution in [0.1, 0.15) is 145 Å². The minimum Gasteiger partial charge on any atom is -0.351 e. The highest BCUT2D eigenvalue weighted by Crippen LogP contribution is 2.43. The van der Waals surface area contributed by atoms with Crippen LogP contribution in [0.3, 0.4) is 0 Å². The van der Waals surface area contributed by atoms with E-state index in [9.17, 15) is 0 Å². The highest BCUT2D eigenvalue weighted by Gasteiger charge is 2.49. The van der Waals surface area contributed by atoms with Crippen molar-refractivity contribution >= 4 is 23.5 Å². The Morgan fingerprint density at radius 1 is 0.558 bits per heavy atom. The number of nitrogens with zero attached hydrogens (tertiary/aromatic N) is 5. The Kier molecular flexibility index (Phi) is 9.90. The van der Waals surface area contributed by atoms with Gasteiger partial charge in [0, 0.05) is 34.2 Å². The van der Waals surface area contributed by atoms with Gasteiger partial charge in [-0.15, -0.1) is 0 Å². The van der Waals surface area contributed by atoms with Crippen molar-refractivity contribution in [3.63, 3.8) is 0 Å². The lowest BCUT2D eigenvalue weighted by Crippen LogP contribution is -2.63. The Balaban J connectivity index is 1.23. The van der Waals surface area contributed by atoms with E-state index in [1.54, 1.807) is 0 Å². The average molecular weight is 620 g/mol. The third kappa shape index (κ3) is 8.13. The van der Waals surface area contributed by atoms with E-state index in [0.29, 0.717) is 24.1 Å². The number of aromatic nitrogens is 3. The molecule has 2 saturated heterocycles. The molecule has 2 saturated carbocycles. The van der Waals surface area contributed by atoms with Gasteiger partial charge in [0.1, 0.15) is 0 Å². The Morgan fingerprint density at radius 3 is 1.21 bits per heavy atom. The fourth-order valence-corrected chi connectivity index (χ4v) is 8.95. The van der Waals surface area contributed by atoms with Crippen LogP contribution in [-0.4, -0.2) is 71.5 Å². The van der Waals surface area contributed by atoms with Crippen LogP contribution >= 0.6 is 11.6 Å². The van der Waals surface area contributed by atoms with E-state index < -0.39 is 0 Å². The van der Waals surface area contributed by atoms with Gasteiger partial charge in [0.25, 0.3) is 0 Å². The Labute approximate surface area is 265 Å². The molecule has 2 aliphatic heterocycles. The zero-order chi connectivity index (χ0) is 31.0. The molecule has 43 heavy (non-hydrogen) atoms. The summed E-state index contributed by atoms with van der Waals surface area (Å²) in [6.07, 6.45) is 16.7. The number of hydrogen-bond donors (Lipinski definition) is 2. The van der Waals surface area contributed by atoms with Crippen molar-refractivity contribution in [3.05, 3.63) is 5.28 Å². The first-order chi connectivity index (χ1) is 20.1. The van der Waals surface area contributed by atoms with Crippen LogP contribution in [0.15, 0.2) is 0 Å².